The molecule has 1 aromatic carbocycles. The summed E-state index contributed by atoms with van der Waals surface area (Å²) < 4.78 is 13.8. The molecule has 0 bridgehead atoms. The van der Waals surface area contributed by atoms with Crippen LogP contribution in [-0.4, -0.2) is 23.9 Å². The molecule has 1 amide bonds. The summed E-state index contributed by atoms with van der Waals surface area (Å²) in [6, 6.07) is 6.26. The van der Waals surface area contributed by atoms with E-state index in [4.69, 9.17) is 0 Å². The zero-order valence-corrected chi connectivity index (χ0v) is 16.9. The van der Waals surface area contributed by atoms with Gasteiger partial charge in [-0.3, -0.25) is 4.79 Å². The van der Waals surface area contributed by atoms with Gasteiger partial charge in [-0.15, -0.1) is 0 Å². The lowest BCUT2D eigenvalue weighted by Crippen LogP contribution is -2.32. The molecular weight excluding hydrogens is 325 g/mol. The maximum atomic E-state index is 13.8. The van der Waals surface area contributed by atoms with Crippen LogP contribution in [-0.2, 0) is 0 Å². The smallest absolute Gasteiger partial charge is 0.256 e. The van der Waals surface area contributed by atoms with Gasteiger partial charge in [0.2, 0.25) is 0 Å². The third-order valence-electron chi connectivity index (χ3n) is 5.05. The lowest BCUT2D eigenvalue weighted by Gasteiger charge is -2.21. The van der Waals surface area contributed by atoms with E-state index in [-0.39, 0.29) is 11.5 Å². The molecule has 0 unspecified atom stereocenters. The maximum Gasteiger partial charge on any atom is 0.256 e. The molecule has 0 N–H and O–H groups in total. The Morgan fingerprint density at radius 1 is 0.808 bits per heavy atom. The Morgan fingerprint density at radius 2 is 1.31 bits per heavy atom. The molecule has 0 saturated carbocycles. The molecule has 0 radical (unpaired) electrons. The van der Waals surface area contributed by atoms with Crippen molar-refractivity contribution >= 4 is 5.91 Å². The fourth-order valence-corrected chi connectivity index (χ4v) is 3.35. The molecule has 0 fully saturated rings. The SMILES string of the molecule is CCCCCCCCCCCCCCN(CC)C(=O)c1ccccc1F. The monoisotopic (exact) mass is 363 g/mol. The highest BCUT2D eigenvalue weighted by Crippen LogP contribution is 2.14. The molecule has 0 aliphatic heterocycles. The van der Waals surface area contributed by atoms with Gasteiger partial charge in [0.25, 0.3) is 5.91 Å². The largest absolute Gasteiger partial charge is 0.339 e. The Bertz CT molecular complexity index is 489. The van der Waals surface area contributed by atoms with E-state index in [0.717, 1.165) is 19.4 Å². The summed E-state index contributed by atoms with van der Waals surface area (Å²) in [5.74, 6) is -0.612. The first kappa shape index (κ1) is 22.7. The molecule has 0 saturated heterocycles. The molecule has 0 aliphatic carbocycles. The van der Waals surface area contributed by atoms with E-state index in [1.807, 2.05) is 6.92 Å². The number of amides is 1. The van der Waals surface area contributed by atoms with Crippen molar-refractivity contribution in [3.8, 4) is 0 Å². The van der Waals surface area contributed by atoms with Gasteiger partial charge < -0.3 is 4.90 Å². The van der Waals surface area contributed by atoms with E-state index in [0.29, 0.717) is 6.54 Å². The number of unbranched alkanes of at least 4 members (excludes halogenated alkanes) is 11. The highest BCUT2D eigenvalue weighted by molar-refractivity contribution is 5.94. The quantitative estimate of drug-likeness (QED) is 0.307. The van der Waals surface area contributed by atoms with Gasteiger partial charge in [-0.25, -0.2) is 4.39 Å². The van der Waals surface area contributed by atoms with Gasteiger partial charge in [-0.05, 0) is 25.5 Å². The average Bonchev–Trinajstić information content (AvgIpc) is 2.65. The zero-order chi connectivity index (χ0) is 19.0. The first-order valence-electron chi connectivity index (χ1n) is 10.7. The van der Waals surface area contributed by atoms with Crippen LogP contribution in [0.1, 0.15) is 101 Å². The van der Waals surface area contributed by atoms with Crippen molar-refractivity contribution in [1.29, 1.82) is 0 Å². The number of benzene rings is 1. The van der Waals surface area contributed by atoms with Gasteiger partial charge in [-0.2, -0.15) is 0 Å². The summed E-state index contributed by atoms with van der Waals surface area (Å²) in [4.78, 5) is 14.2. The van der Waals surface area contributed by atoms with Crippen LogP contribution in [0.3, 0.4) is 0 Å². The number of halogens is 1. The molecule has 0 spiro atoms. The van der Waals surface area contributed by atoms with Crippen LogP contribution in [0.2, 0.25) is 0 Å². The summed E-state index contributed by atoms with van der Waals surface area (Å²) in [5.41, 5.74) is 0.188. The summed E-state index contributed by atoms with van der Waals surface area (Å²) in [6.07, 6.45) is 15.7. The van der Waals surface area contributed by atoms with Gasteiger partial charge in [0.05, 0.1) is 5.56 Å². The number of carbonyl (C=O) groups is 1. The van der Waals surface area contributed by atoms with Crippen LogP contribution >= 0.6 is 0 Å². The summed E-state index contributed by atoms with van der Waals surface area (Å²) in [5, 5.41) is 0. The van der Waals surface area contributed by atoms with Crippen LogP contribution < -0.4 is 0 Å². The lowest BCUT2D eigenvalue weighted by atomic mass is 10.1. The average molecular weight is 364 g/mol. The topological polar surface area (TPSA) is 20.3 Å². The minimum Gasteiger partial charge on any atom is -0.339 e. The van der Waals surface area contributed by atoms with Gasteiger partial charge in [0.1, 0.15) is 5.82 Å². The Hall–Kier alpha value is -1.38. The van der Waals surface area contributed by atoms with Crippen molar-refractivity contribution in [3.63, 3.8) is 0 Å². The van der Waals surface area contributed by atoms with Crippen molar-refractivity contribution in [3.05, 3.63) is 35.6 Å². The first-order chi connectivity index (χ1) is 12.7. The van der Waals surface area contributed by atoms with Crippen molar-refractivity contribution in [2.24, 2.45) is 0 Å². The molecule has 0 aromatic heterocycles. The summed E-state index contributed by atoms with van der Waals surface area (Å²) in [7, 11) is 0. The predicted molar refractivity (Wildman–Crippen MR) is 109 cm³/mol. The van der Waals surface area contributed by atoms with E-state index in [2.05, 4.69) is 6.92 Å². The van der Waals surface area contributed by atoms with Crippen LogP contribution in [0.4, 0.5) is 4.39 Å². The van der Waals surface area contributed by atoms with Gasteiger partial charge in [-0.1, -0.05) is 89.7 Å². The fraction of sp³-hybridized carbons (Fsp3) is 0.696. The van der Waals surface area contributed by atoms with Crippen molar-refractivity contribution < 1.29 is 9.18 Å². The molecule has 0 heterocycles. The number of nitrogens with zero attached hydrogens (tertiary/aromatic N) is 1. The van der Waals surface area contributed by atoms with E-state index >= 15 is 0 Å². The molecule has 148 valence electrons. The normalized spacial score (nSPS) is 10.9. The second-order valence-corrected chi connectivity index (χ2v) is 7.25. The highest BCUT2D eigenvalue weighted by Gasteiger charge is 2.16. The molecule has 3 heteroatoms. The van der Waals surface area contributed by atoms with E-state index in [1.54, 1.807) is 23.1 Å². The molecule has 26 heavy (non-hydrogen) atoms. The fourth-order valence-electron chi connectivity index (χ4n) is 3.35. The third-order valence-corrected chi connectivity index (χ3v) is 5.05. The first-order valence-corrected chi connectivity index (χ1v) is 10.7. The molecule has 2 nitrogen and oxygen atoms in total. The number of rotatable bonds is 15. The summed E-state index contributed by atoms with van der Waals surface area (Å²) in [6.45, 7) is 5.57. The Labute approximate surface area is 160 Å². The van der Waals surface area contributed by atoms with E-state index in [9.17, 15) is 9.18 Å². The van der Waals surface area contributed by atoms with E-state index < -0.39 is 5.82 Å². The van der Waals surface area contributed by atoms with Crippen molar-refractivity contribution in [2.45, 2.75) is 90.9 Å². The van der Waals surface area contributed by atoms with Gasteiger partial charge >= 0.3 is 0 Å². The van der Waals surface area contributed by atoms with Gasteiger partial charge in [0, 0.05) is 13.1 Å². The third kappa shape index (κ3) is 9.35. The second kappa shape index (κ2) is 14.8. The van der Waals surface area contributed by atoms with Crippen molar-refractivity contribution in [2.75, 3.05) is 13.1 Å². The Balaban J connectivity index is 2.07. The number of hydrogen-bond acceptors (Lipinski definition) is 1. The van der Waals surface area contributed by atoms with Crippen molar-refractivity contribution in [1.82, 2.24) is 4.90 Å². The summed E-state index contributed by atoms with van der Waals surface area (Å²) >= 11 is 0. The Morgan fingerprint density at radius 3 is 1.81 bits per heavy atom. The number of carbonyl (C=O) groups excluding carboxylic acids is 1. The minimum atomic E-state index is -0.425. The zero-order valence-electron chi connectivity index (χ0n) is 16.9. The van der Waals surface area contributed by atoms with Crippen LogP contribution in [0.25, 0.3) is 0 Å². The standard InChI is InChI=1S/C23H38FNO/c1-3-5-6-7-8-9-10-11-12-13-14-17-20-25(4-2)23(26)21-18-15-16-19-22(21)24/h15-16,18-19H,3-14,17,20H2,1-2H3. The Kier molecular flexibility index (Phi) is 12.9. The highest BCUT2D eigenvalue weighted by atomic mass is 19.1. The lowest BCUT2D eigenvalue weighted by molar-refractivity contribution is 0.0756. The molecule has 1 aromatic rings. The second-order valence-electron chi connectivity index (χ2n) is 7.25. The molecule has 0 atom stereocenters. The van der Waals surface area contributed by atoms with E-state index in [1.165, 1.54) is 70.3 Å². The predicted octanol–water partition coefficient (Wildman–Crippen LogP) is 6.99. The molecule has 1 rings (SSSR count). The minimum absolute atomic E-state index is 0.186. The van der Waals surface area contributed by atoms with Crippen LogP contribution in [0.15, 0.2) is 24.3 Å². The molecule has 0 aliphatic rings. The molecular formula is C23H38FNO. The maximum absolute atomic E-state index is 13.8. The number of hydrogen-bond donors (Lipinski definition) is 0. The van der Waals surface area contributed by atoms with Crippen LogP contribution in [0.5, 0.6) is 0 Å². The van der Waals surface area contributed by atoms with Crippen LogP contribution in [0, 0.1) is 5.82 Å². The van der Waals surface area contributed by atoms with Gasteiger partial charge in [0.15, 0.2) is 0 Å².